The van der Waals surface area contributed by atoms with Crippen LogP contribution in [0.3, 0.4) is 0 Å². The average molecular weight is 483 g/mol. The van der Waals surface area contributed by atoms with Crippen LogP contribution in [0.2, 0.25) is 10.4 Å². The molecular weight excluding hydrogens is 454 g/mol. The number of hydrogen-bond acceptors (Lipinski definition) is 8. The lowest BCUT2D eigenvalue weighted by Crippen LogP contribution is -2.19. The largest absolute Gasteiger partial charge is 0.378 e. The summed E-state index contributed by atoms with van der Waals surface area (Å²) in [6.07, 6.45) is 2.97. The number of nitrogens with zero attached hydrogens (tertiary/aromatic N) is 4. The maximum absolute atomic E-state index is 12.4. The Balaban J connectivity index is 0.00000155. The molecule has 2 unspecified atom stereocenters. The molecule has 0 amide bonds. The zero-order valence-electron chi connectivity index (χ0n) is 17.7. The lowest BCUT2D eigenvalue weighted by molar-refractivity contribution is -0.0423. The van der Waals surface area contributed by atoms with Crippen molar-refractivity contribution in [2.45, 2.75) is 52.9 Å². The first kappa shape index (κ1) is 25.5. The highest BCUT2D eigenvalue weighted by Crippen LogP contribution is 2.47. The summed E-state index contributed by atoms with van der Waals surface area (Å²) in [6, 6.07) is 0. The van der Waals surface area contributed by atoms with Crippen molar-refractivity contribution in [1.82, 2.24) is 19.7 Å². The molecule has 0 radical (unpaired) electrons. The lowest BCUT2D eigenvalue weighted by Gasteiger charge is -2.18. The molecule has 3 heterocycles. The minimum absolute atomic E-state index is 0.0603. The molecule has 30 heavy (non-hydrogen) atoms. The van der Waals surface area contributed by atoms with Gasteiger partial charge >= 0.3 is 7.60 Å². The van der Waals surface area contributed by atoms with Gasteiger partial charge in [0.2, 0.25) is 5.28 Å². The molecule has 2 aromatic rings. The highest BCUT2D eigenvalue weighted by atomic mass is 35.5. The van der Waals surface area contributed by atoms with Crippen molar-refractivity contribution in [3.05, 3.63) is 16.6 Å². The zero-order chi connectivity index (χ0) is 22.1. The van der Waals surface area contributed by atoms with E-state index >= 15 is 0 Å². The fourth-order valence-corrected chi connectivity index (χ4v) is 4.91. The van der Waals surface area contributed by atoms with Gasteiger partial charge in [-0.15, -0.1) is 0 Å². The highest BCUT2D eigenvalue weighted by molar-refractivity contribution is 7.53. The summed E-state index contributed by atoms with van der Waals surface area (Å²) in [5.74, 6) is 0. The van der Waals surface area contributed by atoms with E-state index in [4.69, 9.17) is 41.7 Å². The molecule has 0 aliphatic carbocycles. The van der Waals surface area contributed by atoms with Crippen LogP contribution < -0.4 is 0 Å². The topological polar surface area (TPSA) is 97.6 Å². The van der Waals surface area contributed by atoms with E-state index in [0.29, 0.717) is 30.9 Å². The van der Waals surface area contributed by atoms with E-state index in [1.807, 2.05) is 13.8 Å². The Morgan fingerprint density at radius 1 is 1.20 bits per heavy atom. The summed E-state index contributed by atoms with van der Waals surface area (Å²) in [4.78, 5) is 8.12. The maximum atomic E-state index is 12.4. The van der Waals surface area contributed by atoms with Crippen molar-refractivity contribution in [3.8, 4) is 0 Å². The Bertz CT molecular complexity index is 843. The molecule has 9 nitrogen and oxygen atoms in total. The van der Waals surface area contributed by atoms with Gasteiger partial charge in [0.05, 0.1) is 50.3 Å². The molecule has 0 bridgehead atoms. The molecule has 12 heteroatoms. The van der Waals surface area contributed by atoms with E-state index in [-0.39, 0.29) is 35.5 Å². The Kier molecular flexibility index (Phi) is 10.4. The Hall–Kier alpha value is -0.800. The third-order valence-electron chi connectivity index (χ3n) is 4.20. The monoisotopic (exact) mass is 482 g/mol. The maximum Gasteiger partial charge on any atom is 0.332 e. The molecule has 3 rings (SSSR count). The van der Waals surface area contributed by atoms with Gasteiger partial charge < -0.3 is 18.5 Å². The van der Waals surface area contributed by atoms with E-state index in [0.717, 1.165) is 12.8 Å². The van der Waals surface area contributed by atoms with E-state index in [9.17, 15) is 4.57 Å². The van der Waals surface area contributed by atoms with Crippen LogP contribution in [0.15, 0.2) is 6.20 Å². The number of hydrogen-bond donors (Lipinski definition) is 0. The van der Waals surface area contributed by atoms with Gasteiger partial charge in [-0.1, -0.05) is 25.4 Å². The molecule has 0 aromatic carbocycles. The molecular formula is C18H29Cl2N4O5P. The summed E-state index contributed by atoms with van der Waals surface area (Å²) in [6.45, 7) is 8.88. The van der Waals surface area contributed by atoms with Gasteiger partial charge in [-0.25, -0.2) is 9.67 Å². The molecule has 0 saturated carbocycles. The summed E-state index contributed by atoms with van der Waals surface area (Å²) in [5.41, 5.74) is 0.533. The van der Waals surface area contributed by atoms with Gasteiger partial charge in [0.15, 0.2) is 11.9 Å². The van der Waals surface area contributed by atoms with E-state index in [1.54, 1.807) is 24.7 Å². The summed E-state index contributed by atoms with van der Waals surface area (Å²) < 4.78 is 36.2. The van der Waals surface area contributed by atoms with Crippen LogP contribution in [-0.4, -0.2) is 58.4 Å². The van der Waals surface area contributed by atoms with E-state index in [1.165, 1.54) is 0 Å². The quantitative estimate of drug-likeness (QED) is 0.199. The normalized spacial score (nSPS) is 19.1. The Morgan fingerprint density at radius 3 is 2.57 bits per heavy atom. The van der Waals surface area contributed by atoms with Gasteiger partial charge in [0.25, 0.3) is 0 Å². The lowest BCUT2D eigenvalue weighted by atomic mass is 10.2. The van der Waals surface area contributed by atoms with Crippen LogP contribution in [0.4, 0.5) is 0 Å². The third kappa shape index (κ3) is 6.60. The van der Waals surface area contributed by atoms with Gasteiger partial charge in [0, 0.05) is 0 Å². The first-order chi connectivity index (χ1) is 14.5. The van der Waals surface area contributed by atoms with Crippen LogP contribution in [0.25, 0.3) is 11.0 Å². The number of aromatic nitrogens is 4. The van der Waals surface area contributed by atoms with E-state index in [2.05, 4.69) is 15.1 Å². The van der Waals surface area contributed by atoms with Gasteiger partial charge in [0.1, 0.15) is 5.15 Å². The van der Waals surface area contributed by atoms with Crippen LogP contribution in [0.5, 0.6) is 0 Å². The average Bonchev–Trinajstić information content (AvgIpc) is 3.34. The molecule has 2 aromatic heterocycles. The molecule has 0 N–H and O–H groups in total. The number of halogens is 2. The second-order valence-corrected chi connectivity index (χ2v) is 9.03. The Labute approximate surface area is 186 Å². The van der Waals surface area contributed by atoms with Crippen molar-refractivity contribution in [2.75, 3.05) is 32.6 Å². The standard InChI is InChI=1S/C16H23Cl2N4O5P.C2H6/c1-3-25-28(23,26-4-2)8-7-24-10-11-5-6-13(27-11)22-15-12(9-19-22)14(17)20-16(18)21-15;1-2/h9,11,13H,3-8,10H2,1-2H3;1-2H3. The second-order valence-electron chi connectivity index (χ2n) is 6.14. The van der Waals surface area contributed by atoms with Crippen molar-refractivity contribution in [3.63, 3.8) is 0 Å². The van der Waals surface area contributed by atoms with E-state index < -0.39 is 7.60 Å². The van der Waals surface area contributed by atoms with Crippen molar-refractivity contribution in [1.29, 1.82) is 0 Å². The van der Waals surface area contributed by atoms with Gasteiger partial charge in [-0.05, 0) is 38.3 Å². The fourth-order valence-electron chi connectivity index (χ4n) is 3.02. The summed E-state index contributed by atoms with van der Waals surface area (Å²) in [7, 11) is -3.09. The molecule has 2 atom stereocenters. The van der Waals surface area contributed by atoms with Crippen molar-refractivity contribution >= 4 is 41.8 Å². The fraction of sp³-hybridized carbons (Fsp3) is 0.722. The van der Waals surface area contributed by atoms with Crippen LogP contribution >= 0.6 is 30.8 Å². The number of rotatable bonds is 10. The molecule has 1 aliphatic heterocycles. The minimum Gasteiger partial charge on any atom is -0.378 e. The number of fused-ring (bicyclic) bond motifs is 1. The van der Waals surface area contributed by atoms with Crippen molar-refractivity contribution < 1.29 is 23.1 Å². The summed E-state index contributed by atoms with van der Waals surface area (Å²) in [5, 5.41) is 5.26. The van der Waals surface area contributed by atoms with Crippen LogP contribution in [-0.2, 0) is 23.1 Å². The smallest absolute Gasteiger partial charge is 0.332 e. The van der Waals surface area contributed by atoms with Gasteiger partial charge in [-0.3, -0.25) is 4.57 Å². The molecule has 1 saturated heterocycles. The van der Waals surface area contributed by atoms with Crippen LogP contribution in [0, 0.1) is 0 Å². The highest BCUT2D eigenvalue weighted by Gasteiger charge is 2.30. The second kappa shape index (κ2) is 12.3. The zero-order valence-corrected chi connectivity index (χ0v) is 20.1. The Morgan fingerprint density at radius 2 is 1.90 bits per heavy atom. The predicted octanol–water partition coefficient (Wildman–Crippen LogP) is 5.12. The molecule has 0 spiro atoms. The molecule has 170 valence electrons. The first-order valence-electron chi connectivity index (χ1n) is 10.1. The third-order valence-corrected chi connectivity index (χ3v) is 6.69. The minimum atomic E-state index is -3.09. The predicted molar refractivity (Wildman–Crippen MR) is 116 cm³/mol. The number of ether oxygens (including phenoxy) is 2. The molecule has 1 aliphatic rings. The first-order valence-corrected chi connectivity index (χ1v) is 12.6. The van der Waals surface area contributed by atoms with Crippen molar-refractivity contribution in [2.24, 2.45) is 0 Å². The summed E-state index contributed by atoms with van der Waals surface area (Å²) >= 11 is 12.0. The molecule has 1 fully saturated rings. The SMILES string of the molecule is CC.CCOP(=O)(CCOCC1CCC(n2ncc3c(Cl)nc(Cl)nc32)O1)OCC. The van der Waals surface area contributed by atoms with Crippen LogP contribution in [0.1, 0.15) is 46.8 Å². The van der Waals surface area contributed by atoms with Gasteiger partial charge in [-0.2, -0.15) is 10.1 Å².